The molecular weight excluding hydrogens is 186 g/mol. The van der Waals surface area contributed by atoms with E-state index in [0.29, 0.717) is 5.92 Å². The number of aryl methyl sites for hydroxylation is 1. The summed E-state index contributed by atoms with van der Waals surface area (Å²) >= 11 is 0. The fourth-order valence-corrected chi connectivity index (χ4v) is 1.93. The van der Waals surface area contributed by atoms with Crippen LogP contribution in [0.3, 0.4) is 0 Å². The maximum absolute atomic E-state index is 9.05. The predicted molar refractivity (Wildman–Crippen MR) is 62.9 cm³/mol. The Bertz CT molecular complexity index is 459. The summed E-state index contributed by atoms with van der Waals surface area (Å²) < 4.78 is 2.21. The number of benzene rings is 1. The molecule has 0 aliphatic heterocycles. The fourth-order valence-electron chi connectivity index (χ4n) is 1.93. The first-order chi connectivity index (χ1) is 7.22. The van der Waals surface area contributed by atoms with Gasteiger partial charge in [-0.3, -0.25) is 0 Å². The number of fused-ring (bicyclic) bond motifs is 1. The topological polar surface area (TPSA) is 25.2 Å². The third-order valence-corrected chi connectivity index (χ3v) is 2.85. The Balaban J connectivity index is 2.41. The highest BCUT2D eigenvalue weighted by Crippen LogP contribution is 2.20. The minimum Gasteiger partial charge on any atom is -0.396 e. The molecule has 0 radical (unpaired) electrons. The predicted octanol–water partition coefficient (Wildman–Crippen LogP) is 2.58. The molecule has 2 rings (SSSR count). The summed E-state index contributed by atoms with van der Waals surface area (Å²) in [7, 11) is 0. The van der Waals surface area contributed by atoms with E-state index >= 15 is 0 Å². The summed E-state index contributed by atoms with van der Waals surface area (Å²) in [6.07, 6.45) is 2.10. The van der Waals surface area contributed by atoms with E-state index in [1.807, 2.05) is 0 Å². The molecule has 2 heteroatoms. The maximum Gasteiger partial charge on any atom is 0.0483 e. The molecule has 1 atom stereocenters. The normalized spacial score (nSPS) is 13.3. The molecule has 2 nitrogen and oxygen atoms in total. The summed E-state index contributed by atoms with van der Waals surface area (Å²) in [6, 6.07) is 8.49. The largest absolute Gasteiger partial charge is 0.396 e. The highest BCUT2D eigenvalue weighted by Gasteiger charge is 2.05. The molecule has 0 aliphatic carbocycles. The van der Waals surface area contributed by atoms with E-state index in [2.05, 4.69) is 48.9 Å². The van der Waals surface area contributed by atoms with Crippen LogP contribution < -0.4 is 0 Å². The molecule has 2 aromatic rings. The van der Waals surface area contributed by atoms with Crippen molar-refractivity contribution in [3.8, 4) is 0 Å². The first-order valence-corrected chi connectivity index (χ1v) is 5.37. The summed E-state index contributed by atoms with van der Waals surface area (Å²) in [6.45, 7) is 5.30. The lowest BCUT2D eigenvalue weighted by atomic mass is 10.1. The second-order valence-electron chi connectivity index (χ2n) is 4.26. The zero-order chi connectivity index (χ0) is 10.8. The molecular formula is C13H17NO. The molecule has 0 bridgehead atoms. The van der Waals surface area contributed by atoms with E-state index in [4.69, 9.17) is 5.11 Å². The third kappa shape index (κ3) is 1.90. The highest BCUT2D eigenvalue weighted by atomic mass is 16.3. The Labute approximate surface area is 90.2 Å². The van der Waals surface area contributed by atoms with E-state index in [0.717, 1.165) is 6.54 Å². The summed E-state index contributed by atoms with van der Waals surface area (Å²) in [4.78, 5) is 0. The minimum atomic E-state index is 0.242. The summed E-state index contributed by atoms with van der Waals surface area (Å²) in [5.41, 5.74) is 2.57. The second kappa shape index (κ2) is 4.07. The van der Waals surface area contributed by atoms with Gasteiger partial charge in [-0.1, -0.05) is 19.1 Å². The highest BCUT2D eigenvalue weighted by molar-refractivity contribution is 5.83. The lowest BCUT2D eigenvalue weighted by Gasteiger charge is -2.10. The lowest BCUT2D eigenvalue weighted by Crippen LogP contribution is -2.09. The van der Waals surface area contributed by atoms with E-state index in [1.54, 1.807) is 0 Å². The molecule has 80 valence electrons. The third-order valence-electron chi connectivity index (χ3n) is 2.85. The molecule has 0 fully saturated rings. The van der Waals surface area contributed by atoms with Crippen LogP contribution in [0.4, 0.5) is 0 Å². The van der Waals surface area contributed by atoms with Gasteiger partial charge < -0.3 is 9.67 Å². The number of aromatic nitrogens is 1. The van der Waals surface area contributed by atoms with Crippen molar-refractivity contribution < 1.29 is 5.11 Å². The SMILES string of the molecule is Cc1cccc2c1ccn2CC(C)CO. The van der Waals surface area contributed by atoms with Crippen LogP contribution in [0.15, 0.2) is 30.5 Å². The van der Waals surface area contributed by atoms with Gasteiger partial charge in [-0.25, -0.2) is 0 Å². The molecule has 0 amide bonds. The number of hydrogen-bond acceptors (Lipinski definition) is 1. The smallest absolute Gasteiger partial charge is 0.0483 e. The molecule has 1 aromatic carbocycles. The second-order valence-corrected chi connectivity index (χ2v) is 4.26. The average molecular weight is 203 g/mol. The Morgan fingerprint density at radius 1 is 1.33 bits per heavy atom. The van der Waals surface area contributed by atoms with E-state index in [1.165, 1.54) is 16.5 Å². The van der Waals surface area contributed by atoms with Gasteiger partial charge in [0.15, 0.2) is 0 Å². The van der Waals surface area contributed by atoms with Crippen molar-refractivity contribution in [1.29, 1.82) is 0 Å². The van der Waals surface area contributed by atoms with Crippen LogP contribution in [0.1, 0.15) is 12.5 Å². The van der Waals surface area contributed by atoms with Gasteiger partial charge in [-0.15, -0.1) is 0 Å². The Morgan fingerprint density at radius 2 is 2.13 bits per heavy atom. The first-order valence-electron chi connectivity index (χ1n) is 5.37. The van der Waals surface area contributed by atoms with Gasteiger partial charge in [0.25, 0.3) is 0 Å². The number of hydrogen-bond donors (Lipinski definition) is 1. The van der Waals surface area contributed by atoms with Gasteiger partial charge in [-0.05, 0) is 30.5 Å². The van der Waals surface area contributed by atoms with Gasteiger partial charge >= 0.3 is 0 Å². The van der Waals surface area contributed by atoms with Gasteiger partial charge in [0.1, 0.15) is 0 Å². The monoisotopic (exact) mass is 203 g/mol. The van der Waals surface area contributed by atoms with Crippen LogP contribution >= 0.6 is 0 Å². The van der Waals surface area contributed by atoms with Crippen LogP contribution in [0.2, 0.25) is 0 Å². The number of nitrogens with zero attached hydrogens (tertiary/aromatic N) is 1. The summed E-state index contributed by atoms with van der Waals surface area (Å²) in [5, 5.41) is 10.4. The van der Waals surface area contributed by atoms with Gasteiger partial charge in [0, 0.05) is 30.3 Å². The van der Waals surface area contributed by atoms with Crippen LogP contribution in [0.25, 0.3) is 10.9 Å². The zero-order valence-corrected chi connectivity index (χ0v) is 9.27. The van der Waals surface area contributed by atoms with Crippen LogP contribution in [-0.4, -0.2) is 16.3 Å². The Kier molecular flexibility index (Phi) is 2.78. The fraction of sp³-hybridized carbons (Fsp3) is 0.385. The van der Waals surface area contributed by atoms with E-state index in [-0.39, 0.29) is 6.61 Å². The van der Waals surface area contributed by atoms with Crippen molar-refractivity contribution in [1.82, 2.24) is 4.57 Å². The van der Waals surface area contributed by atoms with Gasteiger partial charge in [0.2, 0.25) is 0 Å². The molecule has 15 heavy (non-hydrogen) atoms. The van der Waals surface area contributed by atoms with Crippen molar-refractivity contribution in [3.63, 3.8) is 0 Å². The molecule has 1 heterocycles. The molecule has 0 saturated heterocycles. The maximum atomic E-state index is 9.05. The van der Waals surface area contributed by atoms with Crippen molar-refractivity contribution in [2.24, 2.45) is 5.92 Å². The van der Waals surface area contributed by atoms with Crippen molar-refractivity contribution in [2.75, 3.05) is 6.61 Å². The average Bonchev–Trinajstić information content (AvgIpc) is 2.63. The molecule has 0 spiro atoms. The Morgan fingerprint density at radius 3 is 2.87 bits per heavy atom. The molecule has 0 aliphatic rings. The lowest BCUT2D eigenvalue weighted by molar-refractivity contribution is 0.224. The molecule has 0 saturated carbocycles. The van der Waals surface area contributed by atoms with E-state index in [9.17, 15) is 0 Å². The molecule has 1 aromatic heterocycles. The number of aliphatic hydroxyl groups excluding tert-OH is 1. The first kappa shape index (κ1) is 10.2. The minimum absolute atomic E-state index is 0.242. The zero-order valence-electron chi connectivity index (χ0n) is 9.27. The summed E-state index contributed by atoms with van der Waals surface area (Å²) in [5.74, 6) is 0.307. The van der Waals surface area contributed by atoms with Crippen LogP contribution in [0, 0.1) is 12.8 Å². The van der Waals surface area contributed by atoms with Gasteiger partial charge in [0.05, 0.1) is 0 Å². The molecule has 1 unspecified atom stereocenters. The van der Waals surface area contributed by atoms with Crippen molar-refractivity contribution in [2.45, 2.75) is 20.4 Å². The van der Waals surface area contributed by atoms with Gasteiger partial charge in [-0.2, -0.15) is 0 Å². The number of aliphatic hydroxyl groups is 1. The van der Waals surface area contributed by atoms with Crippen LogP contribution in [0.5, 0.6) is 0 Å². The Hall–Kier alpha value is -1.28. The van der Waals surface area contributed by atoms with Crippen molar-refractivity contribution in [3.05, 3.63) is 36.0 Å². The molecule has 1 N–H and O–H groups in total. The number of rotatable bonds is 3. The van der Waals surface area contributed by atoms with Crippen LogP contribution in [-0.2, 0) is 6.54 Å². The standard InChI is InChI=1S/C13H17NO/c1-10(9-15)8-14-7-6-12-11(2)4-3-5-13(12)14/h3-7,10,15H,8-9H2,1-2H3. The van der Waals surface area contributed by atoms with E-state index < -0.39 is 0 Å². The quantitative estimate of drug-likeness (QED) is 0.815. The van der Waals surface area contributed by atoms with Crippen molar-refractivity contribution >= 4 is 10.9 Å².